The Bertz CT molecular complexity index is 2860. The van der Waals surface area contributed by atoms with Gasteiger partial charge in [-0.15, -0.1) is 0 Å². The molecule has 1 saturated heterocycles. The first-order chi connectivity index (χ1) is 44.4. The predicted molar refractivity (Wildman–Crippen MR) is 355 cm³/mol. The maximum Gasteiger partial charge on any atom is 0.326 e. The Balaban J connectivity index is 0.969. The summed E-state index contributed by atoms with van der Waals surface area (Å²) >= 11 is 0. The molecule has 19 nitrogen and oxygen atoms in total. The molecule has 0 spiro atoms. The molecule has 19 heteroatoms. The SMILES string of the molecule is CCCCCCCCCCCCCCCCCCCCCCO[C@@H]1O[C@H](C(=O)NCCCC[C@H](NC(=O)[C@H](Cc2ccccc2)NC(=O)[C@H](Cc2ccccc2)NC(=O)[C@@H]2Cc3ccccc3CN2C(=O)[C@@H](N)Cc2c(C)cc(O)cc2C)C(=O)O)[C@@H](O)[C@H](O)[C@H]1O. The standard InChI is InChI=1S/C73H106N6O13/c1-4-5-6-7-8-9-10-11-12-13-14-15-16-17-18-19-20-21-22-33-42-91-73-65(83)63(81)64(82)66(92-73)70(87)75-41-32-31-40-59(72(89)90)76-67(84)60(45-52-34-25-23-26-35-52)77-68(85)61(46-53-36-27-24-28-37-53)78-69(86)62-47-54-38-29-30-39-55(54)49-79(62)71(88)58(74)48-57-50(2)43-56(80)44-51(57)3/h23-30,34-39,43-44,58-66,73,80-83H,4-22,31-33,40-42,45-49,74H2,1-3H3,(H,75,87)(H,76,84)(H,77,85)(H,78,86)(H,89,90)/t58-,59-,60-,61-,62-,63-,64-,65+,66-,73+/m0/s1. The van der Waals surface area contributed by atoms with E-state index in [1.54, 1.807) is 66.7 Å². The molecule has 11 N–H and O–H groups in total. The van der Waals surface area contributed by atoms with Crippen LogP contribution in [0.5, 0.6) is 5.75 Å². The number of nitrogens with two attached hydrogens (primary N) is 1. The molecular weight excluding hydrogens is 1170 g/mol. The van der Waals surface area contributed by atoms with Gasteiger partial charge < -0.3 is 66.9 Å². The lowest BCUT2D eigenvalue weighted by atomic mass is 9.91. The molecule has 6 rings (SSSR count). The zero-order chi connectivity index (χ0) is 66.2. The molecule has 10 atom stereocenters. The molecule has 2 aliphatic rings. The van der Waals surface area contributed by atoms with E-state index in [-0.39, 0.29) is 70.4 Å². The van der Waals surface area contributed by atoms with Crippen LogP contribution in [0.15, 0.2) is 97.1 Å². The lowest BCUT2D eigenvalue weighted by Crippen LogP contribution is -2.62. The molecule has 506 valence electrons. The van der Waals surface area contributed by atoms with Gasteiger partial charge in [-0.25, -0.2) is 4.79 Å². The Morgan fingerprint density at radius 3 is 1.58 bits per heavy atom. The van der Waals surface area contributed by atoms with Crippen LogP contribution in [0.3, 0.4) is 0 Å². The monoisotopic (exact) mass is 1270 g/mol. The van der Waals surface area contributed by atoms with Crippen LogP contribution in [0, 0.1) is 13.8 Å². The molecule has 0 aliphatic carbocycles. The lowest BCUT2D eigenvalue weighted by Gasteiger charge is -2.39. The minimum atomic E-state index is -1.75. The summed E-state index contributed by atoms with van der Waals surface area (Å²) in [4.78, 5) is 85.8. The van der Waals surface area contributed by atoms with E-state index in [2.05, 4.69) is 28.2 Å². The van der Waals surface area contributed by atoms with Gasteiger partial charge in [-0.2, -0.15) is 0 Å². The second-order valence-electron chi connectivity index (χ2n) is 25.5. The van der Waals surface area contributed by atoms with Crippen molar-refractivity contribution in [2.45, 2.75) is 262 Å². The van der Waals surface area contributed by atoms with Crippen LogP contribution in [-0.2, 0) is 70.5 Å². The third-order valence-corrected chi connectivity index (χ3v) is 18.0. The van der Waals surface area contributed by atoms with Crippen LogP contribution in [-0.4, -0.2) is 140 Å². The fraction of sp³-hybridized carbons (Fsp3) is 0.589. The summed E-state index contributed by atoms with van der Waals surface area (Å²) in [5.74, 6) is -4.63. The molecule has 1 fully saturated rings. The van der Waals surface area contributed by atoms with Crippen molar-refractivity contribution in [3.63, 3.8) is 0 Å². The van der Waals surface area contributed by atoms with Crippen molar-refractivity contribution < 1.29 is 63.8 Å². The number of aryl methyl sites for hydroxylation is 2. The largest absolute Gasteiger partial charge is 0.508 e. The number of rotatable bonds is 42. The molecular formula is C73H106N6O13. The smallest absolute Gasteiger partial charge is 0.326 e. The van der Waals surface area contributed by atoms with Crippen LogP contribution in [0.2, 0.25) is 0 Å². The zero-order valence-corrected chi connectivity index (χ0v) is 54.8. The predicted octanol–water partition coefficient (Wildman–Crippen LogP) is 8.79. The van der Waals surface area contributed by atoms with Gasteiger partial charge in [-0.3, -0.25) is 24.0 Å². The topological polar surface area (TPSA) is 299 Å². The third kappa shape index (κ3) is 24.6. The zero-order valence-electron chi connectivity index (χ0n) is 54.8. The number of aliphatic hydroxyl groups is 3. The fourth-order valence-corrected chi connectivity index (χ4v) is 12.5. The van der Waals surface area contributed by atoms with E-state index in [0.717, 1.165) is 47.1 Å². The highest BCUT2D eigenvalue weighted by atomic mass is 16.7. The highest BCUT2D eigenvalue weighted by Gasteiger charge is 2.47. The van der Waals surface area contributed by atoms with Crippen molar-refractivity contribution in [2.24, 2.45) is 5.73 Å². The number of carboxylic acids is 1. The number of hydrogen-bond donors (Lipinski definition) is 10. The second-order valence-corrected chi connectivity index (χ2v) is 25.5. The van der Waals surface area contributed by atoms with Crippen LogP contribution in [0.1, 0.15) is 194 Å². The first-order valence-electron chi connectivity index (χ1n) is 34.2. The number of hydrogen-bond acceptors (Lipinski definition) is 13. The van der Waals surface area contributed by atoms with Crippen LogP contribution >= 0.6 is 0 Å². The summed E-state index contributed by atoms with van der Waals surface area (Å²) in [6.07, 6.45) is 17.8. The van der Waals surface area contributed by atoms with Gasteiger partial charge >= 0.3 is 5.97 Å². The number of unbranched alkanes of at least 4 members (excludes halogenated alkanes) is 20. The molecule has 2 aliphatic heterocycles. The molecule has 5 amide bonds. The number of carboxylic acid groups (broad SMARTS) is 1. The number of aromatic hydroxyl groups is 1. The number of carbonyl (C=O) groups is 6. The minimum Gasteiger partial charge on any atom is -0.508 e. The first kappa shape index (κ1) is 74.3. The molecule has 4 aromatic carbocycles. The average Bonchev–Trinajstić information content (AvgIpc) is 0.889. The Morgan fingerprint density at radius 1 is 0.576 bits per heavy atom. The van der Waals surface area contributed by atoms with Gasteiger partial charge in [0.2, 0.25) is 23.6 Å². The normalized spacial score (nSPS) is 19.2. The van der Waals surface area contributed by atoms with Crippen molar-refractivity contribution in [1.82, 2.24) is 26.2 Å². The number of phenols is 1. The number of carbonyl (C=O) groups excluding carboxylic acids is 5. The van der Waals surface area contributed by atoms with Gasteiger partial charge in [-0.1, -0.05) is 214 Å². The van der Waals surface area contributed by atoms with E-state index in [0.29, 0.717) is 17.5 Å². The molecule has 0 unspecified atom stereocenters. The Hall–Kier alpha value is -6.74. The number of fused-ring (bicyclic) bond motifs is 1. The van der Waals surface area contributed by atoms with E-state index >= 15 is 0 Å². The van der Waals surface area contributed by atoms with Crippen LogP contribution < -0.4 is 27.0 Å². The number of nitrogens with one attached hydrogen (secondary N) is 4. The van der Waals surface area contributed by atoms with Gasteiger partial charge in [-0.05, 0) is 97.0 Å². The molecule has 92 heavy (non-hydrogen) atoms. The number of phenolic OH excluding ortho intramolecular Hbond substituents is 1. The van der Waals surface area contributed by atoms with E-state index in [1.807, 2.05) is 44.2 Å². The first-order valence-corrected chi connectivity index (χ1v) is 34.2. The quantitative estimate of drug-likeness (QED) is 0.0186. The molecule has 4 aromatic rings. The maximum atomic E-state index is 14.8. The Morgan fingerprint density at radius 2 is 1.05 bits per heavy atom. The van der Waals surface area contributed by atoms with E-state index in [1.165, 1.54) is 108 Å². The Labute approximate surface area is 545 Å². The van der Waals surface area contributed by atoms with Gasteiger partial charge in [0.1, 0.15) is 48.2 Å². The van der Waals surface area contributed by atoms with Gasteiger partial charge in [0.05, 0.1) is 6.04 Å². The van der Waals surface area contributed by atoms with Crippen molar-refractivity contribution in [1.29, 1.82) is 0 Å². The number of aliphatic carboxylic acids is 1. The van der Waals surface area contributed by atoms with Crippen molar-refractivity contribution >= 4 is 35.5 Å². The van der Waals surface area contributed by atoms with Gasteiger partial charge in [0, 0.05) is 39.0 Å². The lowest BCUT2D eigenvalue weighted by molar-refractivity contribution is -0.290. The summed E-state index contributed by atoms with van der Waals surface area (Å²) in [7, 11) is 0. The maximum absolute atomic E-state index is 14.8. The van der Waals surface area contributed by atoms with Gasteiger partial charge in [0.25, 0.3) is 5.91 Å². The van der Waals surface area contributed by atoms with E-state index < -0.39 is 96.4 Å². The second kappa shape index (κ2) is 40.4. The van der Waals surface area contributed by atoms with Crippen molar-refractivity contribution in [3.8, 4) is 5.75 Å². The summed E-state index contributed by atoms with van der Waals surface area (Å²) in [5.41, 5.74) is 12.0. The van der Waals surface area contributed by atoms with Crippen LogP contribution in [0.25, 0.3) is 0 Å². The molecule has 0 bridgehead atoms. The number of nitrogens with zero attached hydrogens (tertiary/aromatic N) is 1. The number of aliphatic hydroxyl groups excluding tert-OH is 3. The van der Waals surface area contributed by atoms with E-state index in [9.17, 15) is 54.3 Å². The van der Waals surface area contributed by atoms with Crippen molar-refractivity contribution in [3.05, 3.63) is 136 Å². The molecule has 2 heterocycles. The highest BCUT2D eigenvalue weighted by molar-refractivity contribution is 5.96. The average molecular weight is 1280 g/mol. The molecule has 0 aromatic heterocycles. The van der Waals surface area contributed by atoms with Crippen LogP contribution in [0.4, 0.5) is 0 Å². The van der Waals surface area contributed by atoms with E-state index in [4.69, 9.17) is 15.2 Å². The molecule has 0 saturated carbocycles. The summed E-state index contributed by atoms with van der Waals surface area (Å²) in [6, 6.07) is 22.3. The summed E-state index contributed by atoms with van der Waals surface area (Å²) < 4.78 is 11.5. The Kier molecular flexibility index (Phi) is 32.6. The number of ether oxygens (including phenoxy) is 2. The minimum absolute atomic E-state index is 0.00896. The third-order valence-electron chi connectivity index (χ3n) is 18.0. The fourth-order valence-electron chi connectivity index (χ4n) is 12.5. The summed E-state index contributed by atoms with van der Waals surface area (Å²) in [6.45, 7) is 6.24. The highest BCUT2D eigenvalue weighted by Crippen LogP contribution is 2.28. The van der Waals surface area contributed by atoms with Gasteiger partial charge in [0.15, 0.2) is 12.4 Å². The summed E-state index contributed by atoms with van der Waals surface area (Å²) in [5, 5.41) is 63.6. The number of amides is 5. The number of benzene rings is 4. The van der Waals surface area contributed by atoms with Crippen molar-refractivity contribution in [2.75, 3.05) is 13.2 Å². The molecule has 0 radical (unpaired) electrons.